The molecular formula is C20H20F3NO2. The zero-order chi connectivity index (χ0) is 18.0. The minimum atomic E-state index is -2.54. The number of rotatable bonds is 4. The summed E-state index contributed by atoms with van der Waals surface area (Å²) < 4.78 is 47.3. The number of halogens is 3. The normalized spacial score (nSPS) is 50.3. The maximum Gasteiger partial charge on any atom is 0.310 e. The van der Waals surface area contributed by atoms with Crippen molar-refractivity contribution < 1.29 is 22.7 Å². The Balaban J connectivity index is 1.31. The van der Waals surface area contributed by atoms with E-state index in [9.17, 15) is 18.0 Å². The molecule has 0 amide bonds. The van der Waals surface area contributed by atoms with E-state index in [1.165, 1.54) is 19.2 Å². The van der Waals surface area contributed by atoms with Gasteiger partial charge < -0.3 is 10.1 Å². The third-order valence-corrected chi connectivity index (χ3v) is 8.08. The molecule has 0 saturated heterocycles. The minimum Gasteiger partial charge on any atom is -0.469 e. The second kappa shape index (κ2) is 4.64. The second-order valence-corrected chi connectivity index (χ2v) is 8.77. The molecule has 7 fully saturated rings. The van der Waals surface area contributed by atoms with E-state index in [1.54, 1.807) is 12.1 Å². The van der Waals surface area contributed by atoms with Crippen LogP contribution in [0, 0.1) is 59.1 Å². The van der Waals surface area contributed by atoms with Gasteiger partial charge in [0.05, 0.1) is 13.0 Å². The van der Waals surface area contributed by atoms with E-state index in [4.69, 9.17) is 4.74 Å². The minimum absolute atomic E-state index is 0.00275. The average Bonchev–Trinajstić information content (AvgIpc) is 3.51. The number of alkyl halides is 2. The van der Waals surface area contributed by atoms with Crippen molar-refractivity contribution in [3.05, 3.63) is 35.6 Å². The van der Waals surface area contributed by atoms with Crippen molar-refractivity contribution in [1.82, 2.24) is 5.32 Å². The number of methoxy groups -OCH3 is 1. The molecule has 0 spiro atoms. The molecule has 8 atom stereocenters. The van der Waals surface area contributed by atoms with Gasteiger partial charge in [0.1, 0.15) is 5.82 Å². The molecule has 138 valence electrons. The SMILES string of the molecule is COC(=O)C1C(NCc2ccc(F)cc2)C2C3C4C1C1C2C1C(F)(F)C34. The zero-order valence-corrected chi connectivity index (χ0v) is 14.2. The van der Waals surface area contributed by atoms with Gasteiger partial charge in [0.25, 0.3) is 5.92 Å². The van der Waals surface area contributed by atoms with E-state index < -0.39 is 17.8 Å². The number of carbonyl (C=O) groups is 1. The first-order chi connectivity index (χ1) is 12.5. The van der Waals surface area contributed by atoms with Gasteiger partial charge >= 0.3 is 5.97 Å². The van der Waals surface area contributed by atoms with E-state index in [0.717, 1.165) is 5.56 Å². The lowest BCUT2D eigenvalue weighted by Gasteiger charge is -2.46. The molecule has 0 radical (unpaired) electrons. The molecule has 8 bridgehead atoms. The summed E-state index contributed by atoms with van der Waals surface area (Å²) in [6, 6.07) is 6.12. The third-order valence-electron chi connectivity index (χ3n) is 8.08. The van der Waals surface area contributed by atoms with Crippen LogP contribution in [0.5, 0.6) is 0 Å². The number of nitrogens with one attached hydrogen (secondary N) is 1. The predicted molar refractivity (Wildman–Crippen MR) is 85.4 cm³/mol. The van der Waals surface area contributed by atoms with Gasteiger partial charge in [-0.15, -0.1) is 0 Å². The molecule has 26 heavy (non-hydrogen) atoms. The molecule has 1 aromatic carbocycles. The summed E-state index contributed by atoms with van der Waals surface area (Å²) in [5, 5.41) is 3.47. The van der Waals surface area contributed by atoms with E-state index in [-0.39, 0.29) is 59.3 Å². The van der Waals surface area contributed by atoms with Gasteiger partial charge in [-0.2, -0.15) is 0 Å². The van der Waals surface area contributed by atoms with Crippen LogP contribution >= 0.6 is 0 Å². The first-order valence-corrected chi connectivity index (χ1v) is 9.40. The molecule has 7 aliphatic carbocycles. The Morgan fingerprint density at radius 1 is 1.04 bits per heavy atom. The van der Waals surface area contributed by atoms with Gasteiger partial charge in [-0.25, -0.2) is 13.2 Å². The number of fused-ring (bicyclic) bond motifs is 1. The predicted octanol–water partition coefficient (Wildman–Crippen LogP) is 2.71. The lowest BCUT2D eigenvalue weighted by Crippen LogP contribution is -2.57. The van der Waals surface area contributed by atoms with Gasteiger partial charge in [0.15, 0.2) is 0 Å². The lowest BCUT2D eigenvalue weighted by molar-refractivity contribution is -0.155. The van der Waals surface area contributed by atoms with Crippen LogP contribution in [0.3, 0.4) is 0 Å². The number of ether oxygens (including phenoxy) is 1. The van der Waals surface area contributed by atoms with Gasteiger partial charge in [-0.1, -0.05) is 12.1 Å². The zero-order valence-electron chi connectivity index (χ0n) is 14.2. The largest absolute Gasteiger partial charge is 0.469 e. The van der Waals surface area contributed by atoms with Crippen molar-refractivity contribution in [3.63, 3.8) is 0 Å². The fourth-order valence-electron chi connectivity index (χ4n) is 7.44. The molecule has 8 unspecified atom stereocenters. The Bertz CT molecular complexity index is 771. The van der Waals surface area contributed by atoms with Crippen LogP contribution in [0.2, 0.25) is 0 Å². The molecule has 0 aliphatic heterocycles. The van der Waals surface area contributed by atoms with Gasteiger partial charge in [-0.05, 0) is 53.2 Å². The number of hydrogen-bond donors (Lipinski definition) is 1. The first kappa shape index (κ1) is 15.5. The highest BCUT2D eigenvalue weighted by Crippen LogP contribution is 2.89. The Morgan fingerprint density at radius 2 is 1.62 bits per heavy atom. The Kier molecular flexibility index (Phi) is 2.76. The molecule has 0 heterocycles. The maximum absolute atomic E-state index is 14.6. The summed E-state index contributed by atoms with van der Waals surface area (Å²) in [5.41, 5.74) is 0.923. The number of carbonyl (C=O) groups excluding carboxylic acids is 1. The lowest BCUT2D eigenvalue weighted by atomic mass is 9.61. The molecule has 1 aromatic rings. The number of hydrogen-bond acceptors (Lipinski definition) is 3. The summed E-state index contributed by atoms with van der Waals surface area (Å²) in [7, 11) is 1.38. The number of esters is 1. The Labute approximate surface area is 149 Å². The smallest absolute Gasteiger partial charge is 0.310 e. The summed E-state index contributed by atoms with van der Waals surface area (Å²) in [6.07, 6.45) is 0. The topological polar surface area (TPSA) is 38.3 Å². The molecule has 7 aliphatic rings. The fraction of sp³-hybridized carbons (Fsp3) is 0.650. The van der Waals surface area contributed by atoms with Crippen molar-refractivity contribution in [2.45, 2.75) is 18.5 Å². The highest BCUT2D eigenvalue weighted by atomic mass is 19.3. The van der Waals surface area contributed by atoms with Crippen molar-refractivity contribution in [2.75, 3.05) is 7.11 Å². The molecule has 0 aromatic heterocycles. The summed E-state index contributed by atoms with van der Waals surface area (Å²) >= 11 is 0. The van der Waals surface area contributed by atoms with E-state index in [0.29, 0.717) is 6.54 Å². The summed E-state index contributed by atoms with van der Waals surface area (Å²) in [6.45, 7) is 0.502. The highest BCUT2D eigenvalue weighted by Gasteiger charge is 2.93. The molecule has 8 rings (SSSR count). The average molecular weight is 363 g/mol. The Morgan fingerprint density at radius 3 is 2.19 bits per heavy atom. The highest BCUT2D eigenvalue weighted by molar-refractivity contribution is 5.75. The monoisotopic (exact) mass is 363 g/mol. The van der Waals surface area contributed by atoms with Crippen LogP contribution in [0.4, 0.5) is 13.2 Å². The van der Waals surface area contributed by atoms with Crippen LogP contribution in [-0.2, 0) is 16.1 Å². The molecule has 7 saturated carbocycles. The Hall–Kier alpha value is -1.56. The van der Waals surface area contributed by atoms with E-state index in [1.807, 2.05) is 0 Å². The summed E-state index contributed by atoms with van der Waals surface area (Å²) in [4.78, 5) is 12.5. The van der Waals surface area contributed by atoms with E-state index >= 15 is 0 Å². The van der Waals surface area contributed by atoms with Gasteiger partial charge in [-0.3, -0.25) is 4.79 Å². The molecule has 3 nitrogen and oxygen atoms in total. The van der Waals surface area contributed by atoms with Gasteiger partial charge in [0, 0.05) is 24.4 Å². The van der Waals surface area contributed by atoms with Crippen molar-refractivity contribution in [3.8, 4) is 0 Å². The number of benzene rings is 1. The van der Waals surface area contributed by atoms with Crippen LogP contribution < -0.4 is 5.32 Å². The summed E-state index contributed by atoms with van der Waals surface area (Å²) in [5.74, 6) is -4.17. The third kappa shape index (κ3) is 1.63. The van der Waals surface area contributed by atoms with Crippen molar-refractivity contribution in [1.29, 1.82) is 0 Å². The van der Waals surface area contributed by atoms with Crippen LogP contribution in [0.1, 0.15) is 5.56 Å². The van der Waals surface area contributed by atoms with Crippen LogP contribution in [-0.4, -0.2) is 25.0 Å². The van der Waals surface area contributed by atoms with Crippen LogP contribution in [0.15, 0.2) is 24.3 Å². The molecular weight excluding hydrogens is 343 g/mol. The molecule has 1 N–H and O–H groups in total. The fourth-order valence-corrected chi connectivity index (χ4v) is 7.44. The van der Waals surface area contributed by atoms with E-state index in [2.05, 4.69) is 5.32 Å². The standard InChI is InChI=1S/C20H20F3NO2/c1-26-19(25)15-9-10-12-14(13-11(9)17(13)20(22,23)16(10)12)18(15)24-6-7-2-4-8(21)5-3-7/h2-5,9-18,24H,6H2,1H3. The van der Waals surface area contributed by atoms with Crippen LogP contribution in [0.25, 0.3) is 0 Å². The second-order valence-electron chi connectivity index (χ2n) is 8.77. The molecule has 6 heteroatoms. The first-order valence-electron chi connectivity index (χ1n) is 9.40. The van der Waals surface area contributed by atoms with Gasteiger partial charge in [0.2, 0.25) is 0 Å². The van der Waals surface area contributed by atoms with Crippen molar-refractivity contribution in [2.24, 2.45) is 53.3 Å². The van der Waals surface area contributed by atoms with Crippen molar-refractivity contribution >= 4 is 5.97 Å². The quantitative estimate of drug-likeness (QED) is 0.836. The maximum atomic E-state index is 14.6.